The molecule has 4 nitrogen and oxygen atoms in total. The van der Waals surface area contributed by atoms with Gasteiger partial charge in [0.15, 0.2) is 0 Å². The van der Waals surface area contributed by atoms with Gasteiger partial charge in [-0.2, -0.15) is 0 Å². The van der Waals surface area contributed by atoms with Crippen LogP contribution in [-0.4, -0.2) is 20.5 Å². The number of benzene rings is 1. The first-order chi connectivity index (χ1) is 9.96. The van der Waals surface area contributed by atoms with Crippen molar-refractivity contribution in [2.45, 2.75) is 63.1 Å². The molecule has 1 saturated carbocycles. The van der Waals surface area contributed by atoms with Crippen molar-refractivity contribution >= 4 is 21.6 Å². The molecule has 0 radical (unpaired) electrons. The van der Waals surface area contributed by atoms with Crippen LogP contribution < -0.4 is 10.0 Å². The summed E-state index contributed by atoms with van der Waals surface area (Å²) in [4.78, 5) is 0.284. The van der Waals surface area contributed by atoms with E-state index in [0.29, 0.717) is 17.6 Å². The summed E-state index contributed by atoms with van der Waals surface area (Å²) in [6.45, 7) is 4.56. The zero-order valence-corrected chi connectivity index (χ0v) is 14.1. The van der Waals surface area contributed by atoms with Gasteiger partial charge in [0, 0.05) is 23.7 Å². The lowest BCUT2D eigenvalue weighted by Gasteiger charge is -2.16. The van der Waals surface area contributed by atoms with Gasteiger partial charge >= 0.3 is 0 Å². The normalized spacial score (nSPS) is 15.6. The molecule has 0 atom stereocenters. The van der Waals surface area contributed by atoms with E-state index in [9.17, 15) is 8.42 Å². The Kier molecular flexibility index (Phi) is 5.66. The molecule has 0 saturated heterocycles. The minimum absolute atomic E-state index is 0.0290. The molecular formula is C15H23ClN2O2S. The molecule has 0 aromatic heterocycles. The fourth-order valence-electron chi connectivity index (χ4n) is 2.14. The second-order valence-corrected chi connectivity index (χ2v) is 7.66. The molecule has 6 heteroatoms. The first kappa shape index (κ1) is 16.7. The molecule has 1 aliphatic rings. The monoisotopic (exact) mass is 330 g/mol. The smallest absolute Gasteiger partial charge is 0.240 e. The molecule has 1 aromatic rings. The highest BCUT2D eigenvalue weighted by Gasteiger charge is 2.22. The molecule has 2 N–H and O–H groups in total. The van der Waals surface area contributed by atoms with E-state index in [2.05, 4.69) is 10.0 Å². The molecule has 0 amide bonds. The van der Waals surface area contributed by atoms with Gasteiger partial charge in [-0.25, -0.2) is 13.1 Å². The lowest BCUT2D eigenvalue weighted by atomic mass is 10.2. The zero-order chi connectivity index (χ0) is 15.5. The van der Waals surface area contributed by atoms with E-state index in [-0.39, 0.29) is 10.9 Å². The first-order valence-corrected chi connectivity index (χ1v) is 9.36. The van der Waals surface area contributed by atoms with Gasteiger partial charge in [-0.3, -0.25) is 0 Å². The van der Waals surface area contributed by atoms with E-state index in [1.54, 1.807) is 18.2 Å². The van der Waals surface area contributed by atoms with Crippen LogP contribution in [0.5, 0.6) is 0 Å². The molecule has 0 aliphatic heterocycles. The summed E-state index contributed by atoms with van der Waals surface area (Å²) in [5, 5.41) is 3.96. The van der Waals surface area contributed by atoms with Crippen molar-refractivity contribution in [3.63, 3.8) is 0 Å². The Bertz CT molecular complexity index is 581. The predicted molar refractivity (Wildman–Crippen MR) is 86.0 cm³/mol. The molecule has 0 spiro atoms. The Morgan fingerprint density at radius 3 is 2.52 bits per heavy atom. The van der Waals surface area contributed by atoms with Crippen molar-refractivity contribution < 1.29 is 8.42 Å². The molecule has 1 fully saturated rings. The van der Waals surface area contributed by atoms with Crippen molar-refractivity contribution in [3.05, 3.63) is 28.8 Å². The van der Waals surface area contributed by atoms with Crippen molar-refractivity contribution in [2.24, 2.45) is 0 Å². The number of hydrogen-bond donors (Lipinski definition) is 2. The molecular weight excluding hydrogens is 308 g/mol. The van der Waals surface area contributed by atoms with Gasteiger partial charge in [0.2, 0.25) is 10.0 Å². The van der Waals surface area contributed by atoms with Crippen LogP contribution in [0.25, 0.3) is 0 Å². The van der Waals surface area contributed by atoms with E-state index < -0.39 is 10.0 Å². The van der Waals surface area contributed by atoms with Crippen LogP contribution in [0.15, 0.2) is 23.1 Å². The van der Waals surface area contributed by atoms with Crippen LogP contribution in [0.3, 0.4) is 0 Å². The maximum atomic E-state index is 12.4. The third kappa shape index (κ3) is 4.68. The minimum Gasteiger partial charge on any atom is -0.310 e. The first-order valence-electron chi connectivity index (χ1n) is 7.50. The summed E-state index contributed by atoms with van der Waals surface area (Å²) < 4.78 is 27.5. The molecule has 118 valence electrons. The van der Waals surface area contributed by atoms with Gasteiger partial charge < -0.3 is 5.32 Å². The molecule has 0 heterocycles. The maximum absolute atomic E-state index is 12.4. The Balaban J connectivity index is 2.15. The maximum Gasteiger partial charge on any atom is 0.240 e. The van der Waals surface area contributed by atoms with E-state index >= 15 is 0 Å². The van der Waals surface area contributed by atoms with Gasteiger partial charge in [0.1, 0.15) is 0 Å². The highest BCUT2D eigenvalue weighted by Crippen LogP contribution is 2.24. The van der Waals surface area contributed by atoms with Gasteiger partial charge in [-0.15, -0.1) is 0 Å². The third-order valence-corrected chi connectivity index (χ3v) is 5.68. The average Bonchev–Trinajstić information content (AvgIpc) is 3.28. The highest BCUT2D eigenvalue weighted by molar-refractivity contribution is 7.89. The van der Waals surface area contributed by atoms with Crippen LogP contribution in [0.4, 0.5) is 0 Å². The Morgan fingerprint density at radius 1 is 1.29 bits per heavy atom. The third-order valence-electron chi connectivity index (χ3n) is 3.79. The zero-order valence-electron chi connectivity index (χ0n) is 12.5. The Labute approximate surface area is 132 Å². The van der Waals surface area contributed by atoms with E-state index in [1.807, 2.05) is 13.8 Å². The number of sulfonamides is 1. The van der Waals surface area contributed by atoms with Crippen LogP contribution >= 0.6 is 11.6 Å². The summed E-state index contributed by atoms with van der Waals surface area (Å²) in [7, 11) is -3.48. The fourth-order valence-corrected chi connectivity index (χ4v) is 3.78. The van der Waals surface area contributed by atoms with Gasteiger partial charge in [0.05, 0.1) is 4.90 Å². The second kappa shape index (κ2) is 7.09. The van der Waals surface area contributed by atoms with Crippen LogP contribution in [0.1, 0.15) is 45.1 Å². The van der Waals surface area contributed by atoms with E-state index in [4.69, 9.17) is 11.6 Å². The number of rotatable bonds is 8. The van der Waals surface area contributed by atoms with E-state index in [0.717, 1.165) is 18.4 Å². The van der Waals surface area contributed by atoms with Crippen LogP contribution in [0.2, 0.25) is 5.02 Å². The number of halogens is 1. The molecule has 0 unspecified atom stereocenters. The summed E-state index contributed by atoms with van der Waals surface area (Å²) in [6, 6.07) is 5.42. The van der Waals surface area contributed by atoms with Crippen molar-refractivity contribution in [3.8, 4) is 0 Å². The lowest BCUT2D eigenvalue weighted by Crippen LogP contribution is -2.33. The summed E-state index contributed by atoms with van der Waals surface area (Å²) in [5.41, 5.74) is 0.830. The SMILES string of the molecule is CCC(CC)NS(=O)(=O)c1ccc(Cl)c(CNC2CC2)c1. The van der Waals surface area contributed by atoms with Crippen molar-refractivity contribution in [1.82, 2.24) is 10.0 Å². The van der Waals surface area contributed by atoms with Crippen molar-refractivity contribution in [2.75, 3.05) is 0 Å². The lowest BCUT2D eigenvalue weighted by molar-refractivity contribution is 0.530. The standard InChI is InChI=1S/C15H23ClN2O2S/c1-3-12(4-2)18-21(19,20)14-7-8-15(16)11(9-14)10-17-13-5-6-13/h7-9,12-13,17-18H,3-6,10H2,1-2H3. The summed E-state index contributed by atoms with van der Waals surface area (Å²) in [6.07, 6.45) is 3.93. The van der Waals surface area contributed by atoms with Crippen LogP contribution in [-0.2, 0) is 16.6 Å². The quantitative estimate of drug-likeness (QED) is 0.770. The minimum atomic E-state index is -3.48. The largest absolute Gasteiger partial charge is 0.310 e. The molecule has 2 rings (SSSR count). The topological polar surface area (TPSA) is 58.2 Å². The number of nitrogens with one attached hydrogen (secondary N) is 2. The van der Waals surface area contributed by atoms with Gasteiger partial charge in [0.25, 0.3) is 0 Å². The molecule has 21 heavy (non-hydrogen) atoms. The summed E-state index contributed by atoms with van der Waals surface area (Å²) in [5.74, 6) is 0. The fraction of sp³-hybridized carbons (Fsp3) is 0.600. The second-order valence-electron chi connectivity index (χ2n) is 5.54. The molecule has 1 aromatic carbocycles. The highest BCUT2D eigenvalue weighted by atomic mass is 35.5. The van der Waals surface area contributed by atoms with Crippen molar-refractivity contribution in [1.29, 1.82) is 0 Å². The number of hydrogen-bond acceptors (Lipinski definition) is 3. The molecule has 0 bridgehead atoms. The summed E-state index contributed by atoms with van der Waals surface area (Å²) >= 11 is 6.16. The predicted octanol–water partition coefficient (Wildman–Crippen LogP) is 3.06. The van der Waals surface area contributed by atoms with Gasteiger partial charge in [-0.05, 0) is 49.4 Å². The van der Waals surface area contributed by atoms with E-state index in [1.165, 1.54) is 12.8 Å². The average molecular weight is 331 g/mol. The Morgan fingerprint density at radius 2 is 1.95 bits per heavy atom. The van der Waals surface area contributed by atoms with Gasteiger partial charge in [-0.1, -0.05) is 25.4 Å². The van der Waals surface area contributed by atoms with Crippen LogP contribution in [0, 0.1) is 0 Å². The molecule has 1 aliphatic carbocycles. The Hall–Kier alpha value is -0.620.